The van der Waals surface area contributed by atoms with Gasteiger partial charge in [0.15, 0.2) is 0 Å². The maximum Gasteiger partial charge on any atom is 0.333 e. The molecule has 2 aliphatic rings. The van der Waals surface area contributed by atoms with E-state index >= 15 is 0 Å². The molecule has 2 aromatic heterocycles. The lowest BCUT2D eigenvalue weighted by Gasteiger charge is -2.41. The van der Waals surface area contributed by atoms with Crippen LogP contribution in [0.2, 0.25) is 0 Å². The van der Waals surface area contributed by atoms with E-state index in [4.69, 9.17) is 0 Å². The van der Waals surface area contributed by atoms with Gasteiger partial charge in [0.1, 0.15) is 0 Å². The van der Waals surface area contributed by atoms with Crippen LogP contribution >= 0.6 is 0 Å². The summed E-state index contributed by atoms with van der Waals surface area (Å²) in [6, 6.07) is 67.8. The third kappa shape index (κ3) is 3.57. The second kappa shape index (κ2) is 10.3. The van der Waals surface area contributed by atoms with Gasteiger partial charge in [0.05, 0.1) is 16.7 Å². The van der Waals surface area contributed by atoms with Crippen LogP contribution in [0.3, 0.4) is 0 Å². The maximum atomic E-state index is 2.67. The van der Waals surface area contributed by atoms with E-state index in [0.29, 0.717) is 0 Å². The molecule has 0 amide bonds. The van der Waals surface area contributed by atoms with Gasteiger partial charge in [-0.1, -0.05) is 133 Å². The fourth-order valence-electron chi connectivity index (χ4n) is 10.0. The SMILES string of the molecule is c1ccc(-n2c3ccccc3c3c4c5c(cc32)-c2cccc3c6ccccc6n(c23)B5c2cc3ccccc3cc2N4c2ccc3ccccc3c2)cc1. The lowest BCUT2D eigenvalue weighted by atomic mass is 9.44. The standard InChI is InChI=1S/C50H30BN3/c1-2-17-35(18-3-1)52-43-23-10-9-20-40(43)47-46(52)30-41-39-22-12-21-38-37-19-8-11-24-44(37)54(49(38)39)51-42-28-33-15-6-7-16-34(33)29-45(42)53(50(47)48(41)51)36-26-25-31-13-4-5-14-32(31)27-36/h1-30H. The summed E-state index contributed by atoms with van der Waals surface area (Å²) in [5, 5.41) is 10.1. The monoisotopic (exact) mass is 683 g/mol. The fraction of sp³-hybridized carbons (Fsp3) is 0. The molecule has 0 bridgehead atoms. The van der Waals surface area contributed by atoms with Crippen molar-refractivity contribution in [1.29, 1.82) is 0 Å². The molecule has 3 nitrogen and oxygen atoms in total. The normalized spacial score (nSPS) is 13.1. The summed E-state index contributed by atoms with van der Waals surface area (Å²) in [5.74, 6) is 0. The van der Waals surface area contributed by atoms with Crippen LogP contribution < -0.4 is 15.8 Å². The number of anilines is 3. The molecule has 0 atom stereocenters. The molecule has 13 rings (SSSR count). The van der Waals surface area contributed by atoms with Crippen molar-refractivity contribution < 1.29 is 0 Å². The topological polar surface area (TPSA) is 13.1 Å². The molecule has 9 aromatic carbocycles. The first-order chi connectivity index (χ1) is 26.8. The number of benzene rings is 9. The van der Waals surface area contributed by atoms with Gasteiger partial charge >= 0.3 is 6.85 Å². The van der Waals surface area contributed by atoms with Gasteiger partial charge < -0.3 is 13.9 Å². The quantitative estimate of drug-likeness (QED) is 0.165. The number of rotatable bonds is 2. The molecule has 4 heteroatoms. The van der Waals surface area contributed by atoms with Gasteiger partial charge in [0.25, 0.3) is 0 Å². The molecular formula is C50H30BN3. The lowest BCUT2D eigenvalue weighted by molar-refractivity contribution is 1.18. The maximum absolute atomic E-state index is 2.67. The van der Waals surface area contributed by atoms with Gasteiger partial charge in [-0.15, -0.1) is 0 Å². The average Bonchev–Trinajstić information content (AvgIpc) is 3.75. The van der Waals surface area contributed by atoms with E-state index in [1.807, 2.05) is 0 Å². The Morgan fingerprint density at radius 2 is 1.07 bits per heavy atom. The fourth-order valence-corrected chi connectivity index (χ4v) is 10.0. The lowest BCUT2D eigenvalue weighted by Crippen LogP contribution is -2.56. The summed E-state index contributed by atoms with van der Waals surface area (Å²) in [5.41, 5.74) is 15.1. The second-order valence-electron chi connectivity index (χ2n) is 14.9. The molecule has 0 saturated heterocycles. The van der Waals surface area contributed by atoms with Gasteiger partial charge in [0, 0.05) is 55.2 Å². The summed E-state index contributed by atoms with van der Waals surface area (Å²) >= 11 is 0. The smallest absolute Gasteiger partial charge is 0.333 e. The summed E-state index contributed by atoms with van der Waals surface area (Å²) in [6.07, 6.45) is 0. The molecule has 54 heavy (non-hydrogen) atoms. The Morgan fingerprint density at radius 3 is 1.91 bits per heavy atom. The van der Waals surface area contributed by atoms with E-state index in [1.165, 1.54) is 98.6 Å². The van der Waals surface area contributed by atoms with E-state index in [2.05, 4.69) is 196 Å². The van der Waals surface area contributed by atoms with Gasteiger partial charge in [-0.3, -0.25) is 0 Å². The van der Waals surface area contributed by atoms with Crippen molar-refractivity contribution in [3.8, 4) is 16.8 Å². The Kier molecular flexibility index (Phi) is 5.45. The van der Waals surface area contributed by atoms with Crippen LogP contribution in [0.25, 0.3) is 82.0 Å². The van der Waals surface area contributed by atoms with Gasteiger partial charge in [-0.2, -0.15) is 0 Å². The molecule has 0 fully saturated rings. The van der Waals surface area contributed by atoms with Crippen molar-refractivity contribution in [2.45, 2.75) is 0 Å². The van der Waals surface area contributed by atoms with E-state index < -0.39 is 0 Å². The highest BCUT2D eigenvalue weighted by molar-refractivity contribution is 6.90. The molecule has 2 aliphatic heterocycles. The Balaban J connectivity index is 1.30. The average molecular weight is 684 g/mol. The van der Waals surface area contributed by atoms with Gasteiger partial charge in [0.2, 0.25) is 0 Å². The number of fused-ring (bicyclic) bond motifs is 13. The summed E-state index contributed by atoms with van der Waals surface area (Å²) < 4.78 is 5.15. The minimum atomic E-state index is -0.0353. The van der Waals surface area contributed by atoms with Crippen LogP contribution in [0.15, 0.2) is 182 Å². The van der Waals surface area contributed by atoms with Crippen molar-refractivity contribution in [3.63, 3.8) is 0 Å². The molecule has 0 unspecified atom stereocenters. The Morgan fingerprint density at radius 1 is 0.407 bits per heavy atom. The predicted octanol–water partition coefficient (Wildman–Crippen LogP) is 11.6. The highest BCUT2D eigenvalue weighted by atomic mass is 15.2. The molecule has 0 N–H and O–H groups in total. The van der Waals surface area contributed by atoms with Crippen LogP contribution in [-0.2, 0) is 0 Å². The van der Waals surface area contributed by atoms with Crippen LogP contribution in [0, 0.1) is 0 Å². The molecular weight excluding hydrogens is 653 g/mol. The van der Waals surface area contributed by atoms with Crippen molar-refractivity contribution >= 4 is 100.0 Å². The van der Waals surface area contributed by atoms with Crippen molar-refractivity contribution in [2.24, 2.45) is 0 Å². The molecule has 0 radical (unpaired) electrons. The highest BCUT2D eigenvalue weighted by Crippen LogP contribution is 2.50. The highest BCUT2D eigenvalue weighted by Gasteiger charge is 2.44. The van der Waals surface area contributed by atoms with Gasteiger partial charge in [-0.05, 0) is 86.6 Å². The molecule has 4 heterocycles. The third-order valence-corrected chi connectivity index (χ3v) is 12.2. The minimum absolute atomic E-state index is 0.0353. The van der Waals surface area contributed by atoms with Crippen molar-refractivity contribution in [2.75, 3.05) is 4.90 Å². The first-order valence-electron chi connectivity index (χ1n) is 18.8. The zero-order chi connectivity index (χ0) is 35.1. The van der Waals surface area contributed by atoms with E-state index in [9.17, 15) is 0 Å². The molecule has 11 aromatic rings. The van der Waals surface area contributed by atoms with E-state index in [0.717, 1.165) is 11.4 Å². The Hall–Kier alpha value is -7.04. The number of para-hydroxylation sites is 4. The van der Waals surface area contributed by atoms with Crippen molar-refractivity contribution in [1.82, 2.24) is 9.05 Å². The molecule has 248 valence electrons. The number of aromatic nitrogens is 2. The van der Waals surface area contributed by atoms with Crippen LogP contribution in [0.4, 0.5) is 17.1 Å². The first kappa shape index (κ1) is 28.5. The largest absolute Gasteiger partial charge is 0.375 e. The van der Waals surface area contributed by atoms with Crippen LogP contribution in [0.1, 0.15) is 0 Å². The zero-order valence-electron chi connectivity index (χ0n) is 29.2. The summed E-state index contributed by atoms with van der Waals surface area (Å²) in [6.45, 7) is -0.0353. The molecule has 0 aliphatic carbocycles. The zero-order valence-corrected chi connectivity index (χ0v) is 29.2. The summed E-state index contributed by atoms with van der Waals surface area (Å²) in [7, 11) is 0. The predicted molar refractivity (Wildman–Crippen MR) is 229 cm³/mol. The van der Waals surface area contributed by atoms with E-state index in [-0.39, 0.29) is 6.85 Å². The Bertz CT molecular complexity index is 3410. The molecule has 0 spiro atoms. The number of hydrogen-bond donors (Lipinski definition) is 0. The van der Waals surface area contributed by atoms with E-state index in [1.54, 1.807) is 0 Å². The van der Waals surface area contributed by atoms with Crippen LogP contribution in [0.5, 0.6) is 0 Å². The van der Waals surface area contributed by atoms with Crippen molar-refractivity contribution in [3.05, 3.63) is 182 Å². The molecule has 0 saturated carbocycles. The number of hydrogen-bond acceptors (Lipinski definition) is 1. The Labute approximate surface area is 311 Å². The number of nitrogens with zero attached hydrogens (tertiary/aromatic N) is 3. The second-order valence-corrected chi connectivity index (χ2v) is 14.9. The van der Waals surface area contributed by atoms with Gasteiger partial charge in [-0.25, -0.2) is 0 Å². The first-order valence-corrected chi connectivity index (χ1v) is 18.8. The minimum Gasteiger partial charge on any atom is -0.375 e. The third-order valence-electron chi connectivity index (χ3n) is 12.2. The summed E-state index contributed by atoms with van der Waals surface area (Å²) in [4.78, 5) is 2.60. The van der Waals surface area contributed by atoms with Crippen LogP contribution in [-0.4, -0.2) is 15.9 Å².